The molecule has 0 amide bonds. The van der Waals surface area contributed by atoms with E-state index in [0.717, 1.165) is 11.4 Å². The lowest BCUT2D eigenvalue weighted by molar-refractivity contribution is 0.0694. The topological polar surface area (TPSA) is 68.5 Å². The Morgan fingerprint density at radius 2 is 1.90 bits per heavy atom. The summed E-state index contributed by atoms with van der Waals surface area (Å²) in [5.74, 6) is -0.421. The van der Waals surface area contributed by atoms with E-state index in [1.54, 1.807) is 13.0 Å². The van der Waals surface area contributed by atoms with Crippen molar-refractivity contribution in [3.05, 3.63) is 64.1 Å². The van der Waals surface area contributed by atoms with Crippen LogP contribution < -0.4 is 10.3 Å². The van der Waals surface area contributed by atoms with Crippen LogP contribution in [-0.2, 0) is 6.54 Å². The molecule has 2 aromatic rings. The third kappa shape index (κ3) is 3.72. The van der Waals surface area contributed by atoms with Crippen LogP contribution >= 0.6 is 0 Å². The first-order chi connectivity index (χ1) is 10.1. The summed E-state index contributed by atoms with van der Waals surface area (Å²) in [5.41, 5.74) is 0.0662. The van der Waals surface area contributed by atoms with Gasteiger partial charge >= 0.3 is 5.97 Å². The maximum absolute atomic E-state index is 12.0. The number of nitrogens with zero attached hydrogens (tertiary/aromatic N) is 1. The van der Waals surface area contributed by atoms with Crippen LogP contribution in [0.15, 0.2) is 47.3 Å². The Labute approximate surface area is 122 Å². The van der Waals surface area contributed by atoms with Crippen LogP contribution in [0.2, 0.25) is 0 Å². The lowest BCUT2D eigenvalue weighted by atomic mass is 10.2. The lowest BCUT2D eigenvalue weighted by Crippen LogP contribution is -2.28. The first-order valence-electron chi connectivity index (χ1n) is 6.71. The average molecular weight is 287 g/mol. The molecule has 0 spiro atoms. The zero-order valence-electron chi connectivity index (χ0n) is 11.8. The van der Waals surface area contributed by atoms with Crippen molar-refractivity contribution in [2.24, 2.45) is 0 Å². The van der Waals surface area contributed by atoms with Crippen molar-refractivity contribution in [1.82, 2.24) is 4.57 Å². The van der Waals surface area contributed by atoms with E-state index in [1.165, 1.54) is 10.6 Å². The van der Waals surface area contributed by atoms with Crippen molar-refractivity contribution in [3.63, 3.8) is 0 Å². The van der Waals surface area contributed by atoms with Gasteiger partial charge in [0.05, 0.1) is 6.61 Å². The molecular formula is C16H17NO4. The summed E-state index contributed by atoms with van der Waals surface area (Å²) in [4.78, 5) is 23.0. The summed E-state index contributed by atoms with van der Waals surface area (Å²) in [6.07, 6.45) is 0.624. The van der Waals surface area contributed by atoms with Crippen LogP contribution in [0.5, 0.6) is 5.75 Å². The number of hydrogen-bond acceptors (Lipinski definition) is 3. The molecule has 0 aliphatic carbocycles. The van der Waals surface area contributed by atoms with Gasteiger partial charge in [0.15, 0.2) is 0 Å². The second-order valence-corrected chi connectivity index (χ2v) is 4.67. The smallest absolute Gasteiger partial charge is 0.341 e. The van der Waals surface area contributed by atoms with E-state index < -0.39 is 11.5 Å². The highest BCUT2D eigenvalue weighted by molar-refractivity contribution is 5.87. The summed E-state index contributed by atoms with van der Waals surface area (Å²) in [6.45, 7) is 2.68. The summed E-state index contributed by atoms with van der Waals surface area (Å²) in [5, 5.41) is 8.96. The van der Waals surface area contributed by atoms with Crippen molar-refractivity contribution in [3.8, 4) is 5.75 Å². The summed E-state index contributed by atoms with van der Waals surface area (Å²) in [7, 11) is 0. The minimum absolute atomic E-state index is 0.204. The summed E-state index contributed by atoms with van der Waals surface area (Å²) < 4.78 is 7.02. The fourth-order valence-corrected chi connectivity index (χ4v) is 2.04. The van der Waals surface area contributed by atoms with Gasteiger partial charge in [0.2, 0.25) is 0 Å². The minimum atomic E-state index is -1.20. The Kier molecular flexibility index (Phi) is 4.77. The van der Waals surface area contributed by atoms with Gasteiger partial charge in [-0.05, 0) is 37.6 Å². The van der Waals surface area contributed by atoms with E-state index in [9.17, 15) is 9.59 Å². The maximum atomic E-state index is 12.0. The Morgan fingerprint density at radius 3 is 2.57 bits per heavy atom. The number of rotatable bonds is 6. The molecule has 1 aromatic heterocycles. The zero-order chi connectivity index (χ0) is 15.2. The van der Waals surface area contributed by atoms with Gasteiger partial charge in [-0.2, -0.15) is 0 Å². The summed E-state index contributed by atoms with van der Waals surface area (Å²) in [6, 6.07) is 12.4. The quantitative estimate of drug-likeness (QED) is 0.828. The van der Waals surface area contributed by atoms with Crippen LogP contribution in [0.3, 0.4) is 0 Å². The summed E-state index contributed by atoms with van der Waals surface area (Å²) >= 11 is 0. The molecule has 0 aliphatic heterocycles. The van der Waals surface area contributed by atoms with Gasteiger partial charge in [-0.15, -0.1) is 0 Å². The first-order valence-corrected chi connectivity index (χ1v) is 6.71. The molecule has 0 saturated carbocycles. The minimum Gasteiger partial charge on any atom is -0.494 e. The Hall–Kier alpha value is -2.56. The fraction of sp³-hybridized carbons (Fsp3) is 0.250. The average Bonchev–Trinajstić information content (AvgIpc) is 2.47. The van der Waals surface area contributed by atoms with Gasteiger partial charge in [-0.1, -0.05) is 18.2 Å². The van der Waals surface area contributed by atoms with Gasteiger partial charge < -0.3 is 14.4 Å². The number of aryl methyl sites for hydroxylation is 1. The van der Waals surface area contributed by atoms with Crippen molar-refractivity contribution < 1.29 is 14.6 Å². The van der Waals surface area contributed by atoms with E-state index >= 15 is 0 Å². The Bertz CT molecular complexity index is 676. The van der Waals surface area contributed by atoms with Gasteiger partial charge in [0.25, 0.3) is 5.56 Å². The van der Waals surface area contributed by atoms with E-state index in [2.05, 4.69) is 0 Å². The number of para-hydroxylation sites is 1. The zero-order valence-corrected chi connectivity index (χ0v) is 11.8. The van der Waals surface area contributed by atoms with E-state index in [4.69, 9.17) is 9.84 Å². The van der Waals surface area contributed by atoms with Crippen LogP contribution in [0.1, 0.15) is 22.5 Å². The maximum Gasteiger partial charge on any atom is 0.341 e. The third-order valence-corrected chi connectivity index (χ3v) is 3.16. The molecular weight excluding hydrogens is 270 g/mol. The number of hydrogen-bond donors (Lipinski definition) is 1. The highest BCUT2D eigenvalue weighted by atomic mass is 16.5. The fourth-order valence-electron chi connectivity index (χ4n) is 2.04. The third-order valence-electron chi connectivity index (χ3n) is 3.16. The lowest BCUT2D eigenvalue weighted by Gasteiger charge is -2.11. The molecule has 1 N–H and O–H groups in total. The predicted octanol–water partition coefficient (Wildman–Crippen LogP) is 2.32. The SMILES string of the molecule is Cc1ccc(C(=O)O)c(=O)n1CCCOc1ccccc1. The number of benzene rings is 1. The van der Waals surface area contributed by atoms with Crippen molar-refractivity contribution in [1.29, 1.82) is 0 Å². The molecule has 0 atom stereocenters. The molecule has 0 fully saturated rings. The second kappa shape index (κ2) is 6.74. The molecule has 5 heteroatoms. The number of carbonyl (C=O) groups is 1. The Morgan fingerprint density at radius 1 is 1.19 bits per heavy atom. The number of pyridine rings is 1. The van der Waals surface area contributed by atoms with Crippen LogP contribution in [-0.4, -0.2) is 22.2 Å². The highest BCUT2D eigenvalue weighted by Gasteiger charge is 2.11. The highest BCUT2D eigenvalue weighted by Crippen LogP contribution is 2.08. The molecule has 0 bridgehead atoms. The first kappa shape index (κ1) is 14.8. The van der Waals surface area contributed by atoms with Crippen molar-refractivity contribution in [2.75, 3.05) is 6.61 Å². The van der Waals surface area contributed by atoms with Gasteiger partial charge in [-0.3, -0.25) is 4.79 Å². The van der Waals surface area contributed by atoms with Crippen molar-refractivity contribution >= 4 is 5.97 Å². The van der Waals surface area contributed by atoms with E-state index in [1.807, 2.05) is 30.3 Å². The molecule has 0 aliphatic rings. The monoisotopic (exact) mass is 287 g/mol. The second-order valence-electron chi connectivity index (χ2n) is 4.67. The standard InChI is InChI=1S/C16H17NO4/c1-12-8-9-14(16(19)20)15(18)17(12)10-5-11-21-13-6-3-2-4-7-13/h2-4,6-9H,5,10-11H2,1H3,(H,19,20). The van der Waals surface area contributed by atoms with Crippen LogP contribution in [0.4, 0.5) is 0 Å². The largest absolute Gasteiger partial charge is 0.494 e. The molecule has 110 valence electrons. The molecule has 0 saturated heterocycles. The van der Waals surface area contributed by atoms with Gasteiger partial charge in [0, 0.05) is 12.2 Å². The molecule has 0 radical (unpaired) electrons. The molecule has 0 unspecified atom stereocenters. The number of aromatic nitrogens is 1. The van der Waals surface area contributed by atoms with E-state index in [-0.39, 0.29) is 5.56 Å². The van der Waals surface area contributed by atoms with Crippen molar-refractivity contribution in [2.45, 2.75) is 19.9 Å². The number of carboxylic acids is 1. The molecule has 1 aromatic carbocycles. The molecule has 2 rings (SSSR count). The van der Waals surface area contributed by atoms with Gasteiger partial charge in [0.1, 0.15) is 11.3 Å². The van der Waals surface area contributed by atoms with Crippen LogP contribution in [0, 0.1) is 6.92 Å². The molecule has 5 nitrogen and oxygen atoms in total. The Balaban J connectivity index is 1.99. The normalized spacial score (nSPS) is 10.3. The number of ether oxygens (including phenoxy) is 1. The number of aromatic carboxylic acids is 1. The predicted molar refractivity (Wildman–Crippen MR) is 79.0 cm³/mol. The van der Waals surface area contributed by atoms with Crippen LogP contribution in [0.25, 0.3) is 0 Å². The van der Waals surface area contributed by atoms with Gasteiger partial charge in [-0.25, -0.2) is 4.79 Å². The number of carboxylic acid groups (broad SMARTS) is 1. The molecule has 1 heterocycles. The molecule has 21 heavy (non-hydrogen) atoms. The van der Waals surface area contributed by atoms with E-state index in [0.29, 0.717) is 19.6 Å².